The molecule has 0 atom stereocenters. The van der Waals surface area contributed by atoms with Crippen LogP contribution in [0, 0.1) is 0 Å². The number of aromatic nitrogens is 4. The van der Waals surface area contributed by atoms with E-state index in [1.54, 1.807) is 12.4 Å². The first-order valence-electron chi connectivity index (χ1n) is 9.69. The molecule has 1 saturated heterocycles. The number of halogens is 2. The molecular formula is C20H23F2N7O. The normalized spacial score (nSPS) is 14.6. The molecule has 0 spiro atoms. The van der Waals surface area contributed by atoms with Gasteiger partial charge in [0.1, 0.15) is 18.0 Å². The van der Waals surface area contributed by atoms with E-state index in [2.05, 4.69) is 24.8 Å². The van der Waals surface area contributed by atoms with Gasteiger partial charge in [-0.15, -0.1) is 0 Å². The number of nitrogens with zero attached hydrogens (tertiary/aromatic N) is 7. The van der Waals surface area contributed by atoms with Crippen molar-refractivity contribution < 1.29 is 8.78 Å². The number of alkyl halides is 2. The van der Waals surface area contributed by atoms with Crippen molar-refractivity contribution in [2.24, 2.45) is 0 Å². The van der Waals surface area contributed by atoms with Gasteiger partial charge in [0, 0.05) is 52.0 Å². The first-order valence-corrected chi connectivity index (χ1v) is 9.69. The molecular weight excluding hydrogens is 392 g/mol. The largest absolute Gasteiger partial charge is 0.368 e. The SMILES string of the molecule is CN(C)c1cc(N2CCN(c3ccc4c(=O)n(CC(F)F)cnc4c3)CC2)ncn1. The highest BCUT2D eigenvalue weighted by atomic mass is 19.3. The van der Waals surface area contributed by atoms with Crippen LogP contribution in [0.5, 0.6) is 0 Å². The summed E-state index contributed by atoms with van der Waals surface area (Å²) in [5.74, 6) is 1.76. The Morgan fingerprint density at radius 3 is 2.47 bits per heavy atom. The average Bonchev–Trinajstić information content (AvgIpc) is 2.75. The van der Waals surface area contributed by atoms with Gasteiger partial charge in [0.2, 0.25) is 0 Å². The number of fused-ring (bicyclic) bond motifs is 1. The van der Waals surface area contributed by atoms with Gasteiger partial charge in [-0.2, -0.15) is 0 Å². The first kappa shape index (κ1) is 20.0. The van der Waals surface area contributed by atoms with Crippen molar-refractivity contribution in [2.45, 2.75) is 13.0 Å². The molecule has 0 N–H and O–H groups in total. The lowest BCUT2D eigenvalue weighted by Gasteiger charge is -2.36. The van der Waals surface area contributed by atoms with Crippen LogP contribution in [0.3, 0.4) is 0 Å². The molecule has 1 aliphatic heterocycles. The second-order valence-corrected chi connectivity index (χ2v) is 7.40. The van der Waals surface area contributed by atoms with Crippen molar-refractivity contribution in [3.8, 4) is 0 Å². The zero-order valence-electron chi connectivity index (χ0n) is 16.9. The highest BCUT2D eigenvalue weighted by molar-refractivity contribution is 5.81. The van der Waals surface area contributed by atoms with Crippen molar-refractivity contribution in [1.82, 2.24) is 19.5 Å². The lowest BCUT2D eigenvalue weighted by molar-refractivity contribution is 0.125. The third kappa shape index (κ3) is 4.03. The van der Waals surface area contributed by atoms with Crippen LogP contribution in [-0.4, -0.2) is 66.2 Å². The van der Waals surface area contributed by atoms with Crippen LogP contribution >= 0.6 is 0 Å². The topological polar surface area (TPSA) is 70.4 Å². The summed E-state index contributed by atoms with van der Waals surface area (Å²) in [6.45, 7) is 2.52. The van der Waals surface area contributed by atoms with Crippen molar-refractivity contribution in [2.75, 3.05) is 55.0 Å². The Bertz CT molecular complexity index is 1090. The fraction of sp³-hybridized carbons (Fsp3) is 0.400. The number of rotatable bonds is 5. The highest BCUT2D eigenvalue weighted by Gasteiger charge is 2.20. The predicted octanol–water partition coefficient (Wildman–Crippen LogP) is 1.84. The zero-order valence-corrected chi connectivity index (χ0v) is 16.9. The Hall–Kier alpha value is -3.30. The Kier molecular flexibility index (Phi) is 5.47. The predicted molar refractivity (Wildman–Crippen MR) is 113 cm³/mol. The summed E-state index contributed by atoms with van der Waals surface area (Å²) in [5.41, 5.74) is 1.02. The van der Waals surface area contributed by atoms with Gasteiger partial charge in [-0.3, -0.25) is 9.36 Å². The van der Waals surface area contributed by atoms with Crippen LogP contribution in [0.25, 0.3) is 10.9 Å². The molecule has 2 aromatic heterocycles. The molecule has 0 aliphatic carbocycles. The Morgan fingerprint density at radius 1 is 1.03 bits per heavy atom. The lowest BCUT2D eigenvalue weighted by atomic mass is 10.2. The van der Waals surface area contributed by atoms with Gasteiger partial charge in [-0.1, -0.05) is 0 Å². The minimum Gasteiger partial charge on any atom is -0.368 e. The molecule has 1 fully saturated rings. The third-order valence-electron chi connectivity index (χ3n) is 5.21. The van der Waals surface area contributed by atoms with E-state index < -0.39 is 18.5 Å². The maximum Gasteiger partial charge on any atom is 0.261 e. The monoisotopic (exact) mass is 415 g/mol. The molecule has 4 rings (SSSR count). The van der Waals surface area contributed by atoms with Crippen LogP contribution in [0.4, 0.5) is 26.1 Å². The van der Waals surface area contributed by atoms with E-state index in [0.29, 0.717) is 10.9 Å². The molecule has 0 bridgehead atoms. The van der Waals surface area contributed by atoms with Gasteiger partial charge in [-0.25, -0.2) is 23.7 Å². The number of anilines is 3. The average molecular weight is 415 g/mol. The third-order valence-corrected chi connectivity index (χ3v) is 5.21. The van der Waals surface area contributed by atoms with E-state index in [1.165, 1.54) is 6.33 Å². The molecule has 0 unspecified atom stereocenters. The standard InChI is InChI=1S/C20H23F2N7O/c1-26(2)18-10-19(24-12-23-18)28-7-5-27(6-8-28)14-3-4-15-16(9-14)25-13-29(20(15)30)11-17(21)22/h3-4,9-10,12-13,17H,5-8,11H2,1-2H3. The maximum atomic E-state index is 12.6. The van der Waals surface area contributed by atoms with Crippen molar-refractivity contribution in [1.29, 1.82) is 0 Å². The molecule has 30 heavy (non-hydrogen) atoms. The molecule has 1 aromatic carbocycles. The Balaban J connectivity index is 1.49. The second-order valence-electron chi connectivity index (χ2n) is 7.40. The van der Waals surface area contributed by atoms with E-state index in [1.807, 2.05) is 37.2 Å². The van der Waals surface area contributed by atoms with Gasteiger partial charge < -0.3 is 14.7 Å². The van der Waals surface area contributed by atoms with E-state index in [4.69, 9.17) is 0 Å². The second kappa shape index (κ2) is 8.21. The van der Waals surface area contributed by atoms with E-state index >= 15 is 0 Å². The molecule has 0 saturated carbocycles. The molecule has 0 amide bonds. The smallest absolute Gasteiger partial charge is 0.261 e. The van der Waals surface area contributed by atoms with Gasteiger partial charge in [0.15, 0.2) is 0 Å². The number of hydrogen-bond donors (Lipinski definition) is 0. The highest BCUT2D eigenvalue weighted by Crippen LogP contribution is 2.23. The van der Waals surface area contributed by atoms with Crippen LogP contribution in [0.15, 0.2) is 41.7 Å². The number of hydrogen-bond acceptors (Lipinski definition) is 7. The summed E-state index contributed by atoms with van der Waals surface area (Å²) in [5, 5.41) is 0.345. The molecule has 3 aromatic rings. The summed E-state index contributed by atoms with van der Waals surface area (Å²) < 4.78 is 26.2. The quantitative estimate of drug-likeness (QED) is 0.630. The summed E-state index contributed by atoms with van der Waals surface area (Å²) in [7, 11) is 3.89. The molecule has 10 heteroatoms. The first-order chi connectivity index (χ1) is 14.4. The Labute approximate surface area is 172 Å². The van der Waals surface area contributed by atoms with E-state index in [-0.39, 0.29) is 0 Å². The Morgan fingerprint density at radius 2 is 1.77 bits per heavy atom. The summed E-state index contributed by atoms with van der Waals surface area (Å²) >= 11 is 0. The van der Waals surface area contributed by atoms with Crippen molar-refractivity contribution in [3.63, 3.8) is 0 Å². The van der Waals surface area contributed by atoms with E-state index in [0.717, 1.165) is 48.1 Å². The van der Waals surface area contributed by atoms with Gasteiger partial charge in [0.25, 0.3) is 12.0 Å². The molecule has 8 nitrogen and oxygen atoms in total. The maximum absolute atomic E-state index is 12.6. The van der Waals surface area contributed by atoms with Crippen LogP contribution < -0.4 is 20.3 Å². The number of piperazine rings is 1. The van der Waals surface area contributed by atoms with Crippen molar-refractivity contribution >= 4 is 28.2 Å². The summed E-state index contributed by atoms with van der Waals surface area (Å²) in [4.78, 5) is 31.6. The minimum absolute atomic E-state index is 0.345. The van der Waals surface area contributed by atoms with Crippen LogP contribution in [-0.2, 0) is 6.54 Å². The van der Waals surface area contributed by atoms with Gasteiger partial charge in [-0.05, 0) is 18.2 Å². The summed E-state index contributed by atoms with van der Waals surface area (Å²) in [6, 6.07) is 7.33. The fourth-order valence-electron chi connectivity index (χ4n) is 3.57. The lowest BCUT2D eigenvalue weighted by Crippen LogP contribution is -2.46. The molecule has 3 heterocycles. The molecule has 158 valence electrons. The number of benzene rings is 1. The van der Waals surface area contributed by atoms with Gasteiger partial charge >= 0.3 is 0 Å². The van der Waals surface area contributed by atoms with Crippen LogP contribution in [0.2, 0.25) is 0 Å². The molecule has 1 aliphatic rings. The fourth-order valence-corrected chi connectivity index (χ4v) is 3.57. The van der Waals surface area contributed by atoms with Gasteiger partial charge in [0.05, 0.1) is 23.8 Å². The molecule has 0 radical (unpaired) electrons. The minimum atomic E-state index is -2.60. The van der Waals surface area contributed by atoms with E-state index in [9.17, 15) is 13.6 Å². The summed E-state index contributed by atoms with van der Waals surface area (Å²) in [6.07, 6.45) is 0.171. The zero-order chi connectivity index (χ0) is 21.3. The van der Waals surface area contributed by atoms with Crippen molar-refractivity contribution in [3.05, 3.63) is 47.3 Å². The van der Waals surface area contributed by atoms with Crippen LogP contribution in [0.1, 0.15) is 0 Å².